The van der Waals surface area contributed by atoms with Gasteiger partial charge in [-0.15, -0.1) is 17.5 Å². The van der Waals surface area contributed by atoms with Gasteiger partial charge in [0.15, 0.2) is 5.65 Å². The van der Waals surface area contributed by atoms with Crippen LogP contribution in [0.3, 0.4) is 0 Å². The van der Waals surface area contributed by atoms with Gasteiger partial charge in [0.25, 0.3) is 0 Å². The SMILES string of the molecule is Cl.Nc1nc2ccc(-c3cncc(-c4cc(S(N)(=O)=O)ccc4C(F)(F)F)c3)cn2n1. The van der Waals surface area contributed by atoms with E-state index in [1.807, 2.05) is 0 Å². The molecule has 13 heteroatoms. The third kappa shape index (κ3) is 4.45. The number of anilines is 1. The number of sulfonamides is 1. The molecule has 0 spiro atoms. The lowest BCUT2D eigenvalue weighted by Crippen LogP contribution is -2.14. The standard InChI is InChI=1S/C18H13F3N6O2S.ClH/c19-18(20,21)15-3-2-13(30(23,28)29)6-14(15)12-5-11(7-24-8-12)10-1-4-16-25-17(22)26-27(16)9-10;/h1-9H,(H2,22,26)(H2,23,28,29);1H. The fraction of sp³-hybridized carbons (Fsp3) is 0.0556. The second-order valence-corrected chi connectivity index (χ2v) is 7.96. The predicted molar refractivity (Wildman–Crippen MR) is 110 cm³/mol. The first-order valence-electron chi connectivity index (χ1n) is 8.34. The van der Waals surface area contributed by atoms with Crippen molar-refractivity contribution < 1.29 is 21.6 Å². The number of benzene rings is 1. The van der Waals surface area contributed by atoms with Crippen LogP contribution < -0.4 is 10.9 Å². The Bertz CT molecular complexity index is 1390. The Morgan fingerprint density at radius 2 is 1.68 bits per heavy atom. The molecule has 0 atom stereocenters. The Morgan fingerprint density at radius 3 is 2.35 bits per heavy atom. The summed E-state index contributed by atoms with van der Waals surface area (Å²) in [7, 11) is -4.20. The van der Waals surface area contributed by atoms with Crippen LogP contribution >= 0.6 is 12.4 Å². The summed E-state index contributed by atoms with van der Waals surface area (Å²) in [5.41, 5.74) is 5.86. The van der Waals surface area contributed by atoms with E-state index in [2.05, 4.69) is 15.1 Å². The van der Waals surface area contributed by atoms with Crippen molar-refractivity contribution in [3.05, 3.63) is 60.6 Å². The smallest absolute Gasteiger partial charge is 0.366 e. The molecular weight excluding hydrogens is 457 g/mol. The fourth-order valence-corrected chi connectivity index (χ4v) is 3.54. The zero-order valence-electron chi connectivity index (χ0n) is 15.4. The van der Waals surface area contributed by atoms with E-state index in [0.29, 0.717) is 22.8 Å². The number of pyridine rings is 2. The lowest BCUT2D eigenvalue weighted by Gasteiger charge is -2.15. The van der Waals surface area contributed by atoms with Gasteiger partial charge in [0.1, 0.15) is 0 Å². The maximum atomic E-state index is 13.5. The highest BCUT2D eigenvalue weighted by atomic mass is 35.5. The predicted octanol–water partition coefficient (Wildman–Crippen LogP) is 3.13. The second-order valence-electron chi connectivity index (χ2n) is 6.40. The summed E-state index contributed by atoms with van der Waals surface area (Å²) in [5.74, 6) is 0.0775. The number of nitrogens with zero attached hydrogens (tertiary/aromatic N) is 4. The van der Waals surface area contributed by atoms with Crippen LogP contribution in [0.2, 0.25) is 0 Å². The van der Waals surface area contributed by atoms with Gasteiger partial charge in [-0.25, -0.2) is 18.1 Å². The Morgan fingerprint density at radius 1 is 0.968 bits per heavy atom. The topological polar surface area (TPSA) is 129 Å². The van der Waals surface area contributed by atoms with Crippen molar-refractivity contribution in [3.8, 4) is 22.3 Å². The Balaban J connectivity index is 0.00000272. The summed E-state index contributed by atoms with van der Waals surface area (Å²) in [6.07, 6.45) is -0.432. The van der Waals surface area contributed by atoms with Crippen molar-refractivity contribution in [3.63, 3.8) is 0 Å². The van der Waals surface area contributed by atoms with E-state index in [1.54, 1.807) is 18.3 Å². The number of hydrogen-bond donors (Lipinski definition) is 2. The minimum atomic E-state index is -4.71. The lowest BCUT2D eigenvalue weighted by molar-refractivity contribution is -0.137. The summed E-state index contributed by atoms with van der Waals surface area (Å²) >= 11 is 0. The zero-order chi connectivity index (χ0) is 21.7. The van der Waals surface area contributed by atoms with E-state index in [4.69, 9.17) is 10.9 Å². The third-order valence-electron chi connectivity index (χ3n) is 4.35. The number of halogens is 4. The molecule has 0 saturated carbocycles. The molecule has 0 radical (unpaired) electrons. The number of rotatable bonds is 3. The monoisotopic (exact) mass is 470 g/mol. The minimum Gasteiger partial charge on any atom is -0.366 e. The molecule has 0 aliphatic rings. The molecule has 0 amide bonds. The van der Waals surface area contributed by atoms with Crippen LogP contribution in [0.4, 0.5) is 19.1 Å². The maximum absolute atomic E-state index is 13.5. The Hall–Kier alpha value is -3.22. The van der Waals surface area contributed by atoms with Gasteiger partial charge in [0.05, 0.1) is 10.5 Å². The minimum absolute atomic E-state index is 0. The summed E-state index contributed by atoms with van der Waals surface area (Å²) in [6.45, 7) is 0. The number of hydrogen-bond acceptors (Lipinski definition) is 6. The van der Waals surface area contributed by atoms with Crippen LogP contribution in [-0.2, 0) is 16.2 Å². The molecule has 1 aromatic carbocycles. The highest BCUT2D eigenvalue weighted by Crippen LogP contribution is 2.38. The van der Waals surface area contributed by atoms with Crippen LogP contribution in [0.25, 0.3) is 27.9 Å². The van der Waals surface area contributed by atoms with Crippen molar-refractivity contribution in [2.45, 2.75) is 11.1 Å². The quantitative estimate of drug-likeness (QED) is 0.473. The third-order valence-corrected chi connectivity index (χ3v) is 5.27. The van der Waals surface area contributed by atoms with Crippen LogP contribution in [0, 0.1) is 0 Å². The molecule has 0 aliphatic heterocycles. The van der Waals surface area contributed by atoms with E-state index in [0.717, 1.165) is 12.1 Å². The molecule has 31 heavy (non-hydrogen) atoms. The molecule has 0 aliphatic carbocycles. The molecule has 4 aromatic rings. The number of alkyl halides is 3. The van der Waals surface area contributed by atoms with E-state index < -0.39 is 26.7 Å². The molecule has 0 fully saturated rings. The molecule has 162 valence electrons. The highest BCUT2D eigenvalue weighted by molar-refractivity contribution is 7.89. The van der Waals surface area contributed by atoms with E-state index in [9.17, 15) is 21.6 Å². The van der Waals surface area contributed by atoms with Gasteiger partial charge >= 0.3 is 6.18 Å². The van der Waals surface area contributed by atoms with Gasteiger partial charge < -0.3 is 5.73 Å². The van der Waals surface area contributed by atoms with E-state index in [1.165, 1.54) is 23.0 Å². The molecule has 8 nitrogen and oxygen atoms in total. The van der Waals surface area contributed by atoms with Gasteiger partial charge in [0.2, 0.25) is 16.0 Å². The summed E-state index contributed by atoms with van der Waals surface area (Å²) in [5, 5.41) is 9.09. The first kappa shape index (κ1) is 22.5. The van der Waals surface area contributed by atoms with Gasteiger partial charge in [-0.3, -0.25) is 4.98 Å². The normalized spacial score (nSPS) is 12.0. The molecular formula is C18H14ClF3N6O2S. The second kappa shape index (κ2) is 7.80. The lowest BCUT2D eigenvalue weighted by atomic mass is 9.98. The van der Waals surface area contributed by atoms with Gasteiger partial charge in [-0.1, -0.05) is 0 Å². The van der Waals surface area contributed by atoms with Gasteiger partial charge in [-0.05, 0) is 42.0 Å². The van der Waals surface area contributed by atoms with E-state index >= 15 is 0 Å². The van der Waals surface area contributed by atoms with Crippen molar-refractivity contribution in [2.75, 3.05) is 5.73 Å². The van der Waals surface area contributed by atoms with Crippen LogP contribution in [0.1, 0.15) is 5.56 Å². The molecule has 0 bridgehead atoms. The van der Waals surface area contributed by atoms with E-state index in [-0.39, 0.29) is 29.5 Å². The first-order valence-corrected chi connectivity index (χ1v) is 9.89. The number of primary sulfonamides is 1. The number of fused-ring (bicyclic) bond motifs is 1. The van der Waals surface area contributed by atoms with Gasteiger partial charge in [-0.2, -0.15) is 18.2 Å². The average molecular weight is 471 g/mol. The maximum Gasteiger partial charge on any atom is 0.417 e. The van der Waals surface area contributed by atoms with Crippen molar-refractivity contribution in [2.24, 2.45) is 5.14 Å². The number of aromatic nitrogens is 4. The Labute approximate surface area is 180 Å². The molecule has 3 heterocycles. The van der Waals surface area contributed by atoms with Crippen molar-refractivity contribution >= 4 is 34.0 Å². The van der Waals surface area contributed by atoms with Crippen molar-refractivity contribution in [1.29, 1.82) is 0 Å². The molecule has 0 saturated heterocycles. The molecule has 0 unspecified atom stereocenters. The molecule has 4 N–H and O–H groups in total. The Kier molecular flexibility index (Phi) is 5.65. The van der Waals surface area contributed by atoms with Crippen LogP contribution in [0.5, 0.6) is 0 Å². The number of nitrogen functional groups attached to an aromatic ring is 1. The summed E-state index contributed by atoms with van der Waals surface area (Å²) < 4.78 is 65.3. The molecule has 3 aromatic heterocycles. The largest absolute Gasteiger partial charge is 0.417 e. The van der Waals surface area contributed by atoms with Crippen LogP contribution in [-0.4, -0.2) is 28.0 Å². The van der Waals surface area contributed by atoms with Gasteiger partial charge in [0, 0.05) is 35.3 Å². The average Bonchev–Trinajstić information content (AvgIpc) is 3.05. The molecule has 4 rings (SSSR count). The fourth-order valence-electron chi connectivity index (χ4n) is 3.00. The highest BCUT2D eigenvalue weighted by Gasteiger charge is 2.34. The van der Waals surface area contributed by atoms with Crippen LogP contribution in [0.15, 0.2) is 59.9 Å². The summed E-state index contributed by atoms with van der Waals surface area (Å²) in [4.78, 5) is 7.59. The van der Waals surface area contributed by atoms with Crippen molar-refractivity contribution in [1.82, 2.24) is 19.6 Å². The first-order chi connectivity index (χ1) is 14.0. The number of nitrogens with two attached hydrogens (primary N) is 2. The zero-order valence-corrected chi connectivity index (χ0v) is 17.0. The summed E-state index contributed by atoms with van der Waals surface area (Å²) in [6, 6.07) is 7.20.